The first kappa shape index (κ1) is 43.6. The average molecular weight is 595 g/mol. The normalized spacial score (nSPS) is 11.9. The zero-order valence-electron chi connectivity index (χ0n) is 30.4. The van der Waals surface area contributed by atoms with Gasteiger partial charge in [0.1, 0.15) is 6.10 Å². The predicted molar refractivity (Wildman–Crippen MR) is 191 cm³/mol. The fourth-order valence-corrected chi connectivity index (χ4v) is 5.72. The van der Waals surface area contributed by atoms with E-state index in [1.165, 1.54) is 173 Å². The molecule has 0 N–H and O–H groups in total. The number of rotatable bonds is 32. The number of unbranched alkanes of at least 4 members (excludes halogenated alkanes) is 24. The molecule has 0 radical (unpaired) electrons. The maximum Gasteiger partial charge on any atom is 0.306 e. The Morgan fingerprint density at radius 3 is 1.10 bits per heavy atom. The summed E-state index contributed by atoms with van der Waals surface area (Å²) in [5, 5.41) is 0. The molecule has 0 heterocycles. The second-order valence-electron chi connectivity index (χ2n) is 13.7. The van der Waals surface area contributed by atoms with E-state index < -0.39 is 0 Å². The molecule has 254 valence electrons. The van der Waals surface area contributed by atoms with E-state index in [1.54, 1.807) is 0 Å². The number of carbonyl (C=O) groups excluding carboxylic acids is 1. The number of hydrogen-bond donors (Lipinski definition) is 0. The maximum absolute atomic E-state index is 11.9. The van der Waals surface area contributed by atoms with Gasteiger partial charge in [0, 0.05) is 6.42 Å². The van der Waals surface area contributed by atoms with Gasteiger partial charge in [-0.1, -0.05) is 208 Å². The number of carbonyl (C=O) groups is 1. The van der Waals surface area contributed by atoms with Crippen molar-refractivity contribution in [2.24, 2.45) is 5.92 Å². The highest BCUT2D eigenvalue weighted by Gasteiger charge is 2.11. The highest BCUT2D eigenvalue weighted by molar-refractivity contribution is 5.69. The van der Waals surface area contributed by atoms with Crippen LogP contribution in [-0.4, -0.2) is 12.1 Å². The lowest BCUT2D eigenvalue weighted by molar-refractivity contribution is -0.149. The molecule has 0 aliphatic heterocycles. The van der Waals surface area contributed by atoms with Crippen molar-refractivity contribution >= 4 is 5.97 Å². The van der Waals surface area contributed by atoms with Crippen molar-refractivity contribution in [3.63, 3.8) is 0 Å². The first-order valence-electron chi connectivity index (χ1n) is 19.7. The lowest BCUT2D eigenvalue weighted by Gasteiger charge is -2.16. The van der Waals surface area contributed by atoms with Gasteiger partial charge in [-0.25, -0.2) is 0 Å². The molecule has 0 saturated heterocycles. The summed E-state index contributed by atoms with van der Waals surface area (Å²) >= 11 is 0. The van der Waals surface area contributed by atoms with Gasteiger partial charge in [0.2, 0.25) is 0 Å². The molecule has 1 unspecified atom stereocenters. The molecule has 0 aromatic carbocycles. The maximum atomic E-state index is 11.9. The van der Waals surface area contributed by atoms with Crippen molar-refractivity contribution in [1.29, 1.82) is 0 Å². The van der Waals surface area contributed by atoms with Gasteiger partial charge in [-0.2, -0.15) is 0 Å². The Bertz CT molecular complexity index is 486. The smallest absolute Gasteiger partial charge is 0.306 e. The number of esters is 1. The third kappa shape index (κ3) is 39.5. The molecule has 0 aliphatic carbocycles. The molecule has 0 rings (SSSR count). The van der Waals surface area contributed by atoms with Gasteiger partial charge in [-0.05, 0) is 31.6 Å². The van der Waals surface area contributed by atoms with Crippen LogP contribution in [0.5, 0.6) is 0 Å². The van der Waals surface area contributed by atoms with Crippen LogP contribution in [0, 0.1) is 5.92 Å². The van der Waals surface area contributed by atoms with E-state index in [-0.39, 0.29) is 12.1 Å². The van der Waals surface area contributed by atoms with Gasteiger partial charge in [0.25, 0.3) is 0 Å². The van der Waals surface area contributed by atoms with Crippen LogP contribution in [0.25, 0.3) is 0 Å². The van der Waals surface area contributed by atoms with Crippen molar-refractivity contribution in [3.05, 3.63) is 0 Å². The molecule has 0 spiro atoms. The Labute approximate surface area is 267 Å². The van der Waals surface area contributed by atoms with Crippen LogP contribution in [0.1, 0.15) is 241 Å². The fourth-order valence-electron chi connectivity index (χ4n) is 5.72. The van der Waals surface area contributed by atoms with Crippen LogP contribution >= 0.6 is 0 Å². The topological polar surface area (TPSA) is 26.3 Å². The molecule has 1 atom stereocenters. The van der Waals surface area contributed by atoms with Crippen LogP contribution < -0.4 is 0 Å². The second-order valence-corrected chi connectivity index (χ2v) is 13.7. The Morgan fingerprint density at radius 1 is 0.429 bits per heavy atom. The van der Waals surface area contributed by atoms with Crippen LogP contribution in [0.3, 0.4) is 0 Å². The first-order valence-corrected chi connectivity index (χ1v) is 19.7. The lowest BCUT2D eigenvalue weighted by Crippen LogP contribution is -2.17. The zero-order chi connectivity index (χ0) is 31.4. The van der Waals surface area contributed by atoms with Crippen molar-refractivity contribution in [3.8, 4) is 0 Å². The van der Waals surface area contributed by atoms with E-state index in [1.807, 2.05) is 0 Å². The number of hydrogen-bond acceptors (Lipinski definition) is 2. The third-order valence-electron chi connectivity index (χ3n) is 8.75. The fraction of sp³-hybridized carbons (Fsp3) is 0.975. The molecule has 0 aromatic rings. The summed E-state index contributed by atoms with van der Waals surface area (Å²) in [6, 6.07) is 0. The van der Waals surface area contributed by atoms with Crippen LogP contribution in [0.4, 0.5) is 0 Å². The molecule has 0 aromatic heterocycles. The van der Waals surface area contributed by atoms with Gasteiger partial charge in [-0.15, -0.1) is 0 Å². The summed E-state index contributed by atoms with van der Waals surface area (Å²) in [6.07, 6.45) is 41.3. The van der Waals surface area contributed by atoms with Crippen LogP contribution in [0.2, 0.25) is 0 Å². The molecular formula is C40H82O2. The monoisotopic (exact) mass is 595 g/mol. The Morgan fingerprint density at radius 2 is 0.738 bits per heavy atom. The molecular weight excluding hydrogens is 512 g/mol. The van der Waals surface area contributed by atoms with E-state index in [9.17, 15) is 4.79 Å². The van der Waals surface area contributed by atoms with Gasteiger partial charge in [0.05, 0.1) is 0 Å². The Balaban J connectivity index is 0. The van der Waals surface area contributed by atoms with E-state index >= 15 is 0 Å². The Hall–Kier alpha value is -0.530. The zero-order valence-corrected chi connectivity index (χ0v) is 30.4. The molecule has 0 fully saturated rings. The third-order valence-corrected chi connectivity index (χ3v) is 8.75. The quantitative estimate of drug-likeness (QED) is 0.0572. The second kappa shape index (κ2) is 38.5. The standard InChI is InChI=1S/C24H48O2.C16H34/c1-4-7-9-10-11-12-13-14-15-16-17-18-20-22-24(25)26-23(6-3)21-19-8-5-2;1-4-5-6-7-8-9-10-11-12-13-14-15-16(2)3/h23H,4-22H2,1-3H3;16H,4-15H2,1-3H3. The molecule has 2 nitrogen and oxygen atoms in total. The highest BCUT2D eigenvalue weighted by Crippen LogP contribution is 2.16. The summed E-state index contributed by atoms with van der Waals surface area (Å²) < 4.78 is 5.61. The van der Waals surface area contributed by atoms with Gasteiger partial charge in [-0.3, -0.25) is 4.79 Å². The molecule has 0 aliphatic rings. The van der Waals surface area contributed by atoms with Gasteiger partial charge in [0.15, 0.2) is 0 Å². The number of ether oxygens (including phenoxy) is 1. The molecule has 0 amide bonds. The highest BCUT2D eigenvalue weighted by atomic mass is 16.5. The van der Waals surface area contributed by atoms with Crippen LogP contribution in [0.15, 0.2) is 0 Å². The SMILES string of the molecule is CCCCCCCCCCCCCC(C)C.CCCCCCCCCCCCCCCC(=O)OC(CC)CCCCC. The molecule has 42 heavy (non-hydrogen) atoms. The minimum Gasteiger partial charge on any atom is -0.462 e. The van der Waals surface area contributed by atoms with Crippen molar-refractivity contribution in [2.45, 2.75) is 247 Å². The van der Waals surface area contributed by atoms with Gasteiger partial charge >= 0.3 is 5.97 Å². The summed E-state index contributed by atoms with van der Waals surface area (Å²) in [6.45, 7) is 13.6. The summed E-state index contributed by atoms with van der Waals surface area (Å²) in [7, 11) is 0. The Kier molecular flexibility index (Phi) is 40.0. The van der Waals surface area contributed by atoms with Crippen molar-refractivity contribution in [1.82, 2.24) is 0 Å². The van der Waals surface area contributed by atoms with E-state index in [0.29, 0.717) is 6.42 Å². The summed E-state index contributed by atoms with van der Waals surface area (Å²) in [5.74, 6) is 0.926. The molecule has 0 bridgehead atoms. The van der Waals surface area contributed by atoms with Crippen molar-refractivity contribution in [2.75, 3.05) is 0 Å². The summed E-state index contributed by atoms with van der Waals surface area (Å²) in [5.41, 5.74) is 0. The summed E-state index contributed by atoms with van der Waals surface area (Å²) in [4.78, 5) is 11.9. The minimum atomic E-state index is 0.0245. The van der Waals surface area contributed by atoms with Gasteiger partial charge < -0.3 is 4.74 Å². The lowest BCUT2D eigenvalue weighted by atomic mass is 10.0. The molecule has 0 saturated carbocycles. The first-order chi connectivity index (χ1) is 20.5. The largest absolute Gasteiger partial charge is 0.462 e. The molecule has 2 heteroatoms. The van der Waals surface area contributed by atoms with Crippen molar-refractivity contribution < 1.29 is 9.53 Å². The minimum absolute atomic E-state index is 0.0245. The predicted octanol–water partition coefficient (Wildman–Crippen LogP) is 14.7. The van der Waals surface area contributed by atoms with Crippen LogP contribution in [-0.2, 0) is 9.53 Å². The van der Waals surface area contributed by atoms with E-state index in [2.05, 4.69) is 41.5 Å². The van der Waals surface area contributed by atoms with E-state index in [0.717, 1.165) is 25.2 Å². The van der Waals surface area contributed by atoms with E-state index in [4.69, 9.17) is 4.74 Å². The average Bonchev–Trinajstić information content (AvgIpc) is 2.98.